The van der Waals surface area contributed by atoms with E-state index in [0.717, 1.165) is 122 Å². The monoisotopic (exact) mass is 1160 g/mol. The Bertz CT molecular complexity index is 1940. The van der Waals surface area contributed by atoms with Crippen LogP contribution in [0.2, 0.25) is 0 Å². The van der Waals surface area contributed by atoms with Crippen molar-refractivity contribution in [1.29, 1.82) is 0 Å². The van der Waals surface area contributed by atoms with Crippen molar-refractivity contribution in [2.24, 2.45) is 0 Å². The molecule has 0 aliphatic rings. The molecule has 10 heteroatoms. The van der Waals surface area contributed by atoms with Gasteiger partial charge in [0.1, 0.15) is 19.8 Å². The van der Waals surface area contributed by atoms with Gasteiger partial charge in [-0.05, 0) is 122 Å². The smallest absolute Gasteiger partial charge is 0.462 e. The van der Waals surface area contributed by atoms with Crippen LogP contribution in [0.4, 0.5) is 0 Å². The zero-order valence-corrected chi connectivity index (χ0v) is 53.6. The fraction of sp³-hybridized carbons (Fsp3) is 0.611. The van der Waals surface area contributed by atoms with Crippen molar-refractivity contribution in [3.63, 3.8) is 0 Å². The highest BCUT2D eigenvalue weighted by molar-refractivity contribution is 7.47. The number of phosphoric ester groups is 1. The third kappa shape index (κ3) is 64.8. The lowest BCUT2D eigenvalue weighted by Gasteiger charge is -2.24. The summed E-state index contributed by atoms with van der Waals surface area (Å²) in [6, 6.07) is 0. The maximum Gasteiger partial charge on any atom is 0.472 e. The number of allylic oxidation sites excluding steroid dienone is 26. The standard InChI is InChI=1S/C72H118NO8P/c1-6-8-10-12-14-16-18-20-22-24-26-28-30-32-34-35-36-37-39-41-43-45-47-49-51-53-55-57-59-61-63-65-72(75)81-70(69-80-82(76,77)79-67-66-73(3,4)5)68-78-71(74)64-62-60-58-56-54-52-50-48-46-44-42-40-38-33-31-29-27-25-23-21-19-17-15-13-11-9-7-2/h8-11,14-17,20-23,26-29,32,34,36-37,41,43,47,49,53,55,70H,6-7,12-13,18-19,24-25,30-31,33,35,38-40,42,44-46,48,50-52,54,56-69H2,1-5H3/p+1/b10-8-,11-9-,16-14-,17-15-,22-20-,23-21-,28-26-,29-27-,34-32-,37-36-,43-41-,49-47-,55-53-. The Kier molecular flexibility index (Phi) is 57.9. The van der Waals surface area contributed by atoms with Gasteiger partial charge in [-0.1, -0.05) is 255 Å². The number of esters is 2. The van der Waals surface area contributed by atoms with Crippen molar-refractivity contribution in [3.05, 3.63) is 158 Å². The van der Waals surface area contributed by atoms with Crippen LogP contribution in [-0.2, 0) is 32.7 Å². The Labute approximate surface area is 503 Å². The third-order valence-electron chi connectivity index (χ3n) is 13.1. The molecule has 0 aromatic carbocycles. The minimum Gasteiger partial charge on any atom is -0.462 e. The van der Waals surface area contributed by atoms with Gasteiger partial charge < -0.3 is 18.9 Å². The topological polar surface area (TPSA) is 108 Å². The molecule has 0 saturated carbocycles. The van der Waals surface area contributed by atoms with Gasteiger partial charge in [0.2, 0.25) is 0 Å². The van der Waals surface area contributed by atoms with Gasteiger partial charge in [0.05, 0.1) is 27.7 Å². The highest BCUT2D eigenvalue weighted by atomic mass is 31.2. The van der Waals surface area contributed by atoms with E-state index in [0.29, 0.717) is 17.4 Å². The predicted octanol–water partition coefficient (Wildman–Crippen LogP) is 20.8. The highest BCUT2D eigenvalue weighted by Crippen LogP contribution is 2.43. The maximum atomic E-state index is 12.8. The van der Waals surface area contributed by atoms with Gasteiger partial charge in [-0.2, -0.15) is 0 Å². The number of hydrogen-bond donors (Lipinski definition) is 1. The molecule has 0 rings (SSSR count). The van der Waals surface area contributed by atoms with Crippen molar-refractivity contribution < 1.29 is 42.1 Å². The van der Waals surface area contributed by atoms with Crippen molar-refractivity contribution in [2.75, 3.05) is 47.5 Å². The molecule has 0 aliphatic heterocycles. The molecule has 82 heavy (non-hydrogen) atoms. The van der Waals surface area contributed by atoms with Gasteiger partial charge in [-0.3, -0.25) is 18.6 Å². The van der Waals surface area contributed by atoms with Gasteiger partial charge in [0.25, 0.3) is 0 Å². The highest BCUT2D eigenvalue weighted by Gasteiger charge is 2.27. The first-order valence-corrected chi connectivity index (χ1v) is 33.7. The van der Waals surface area contributed by atoms with Crippen LogP contribution in [0.25, 0.3) is 0 Å². The minimum atomic E-state index is -4.41. The molecule has 0 spiro atoms. The van der Waals surface area contributed by atoms with Crippen LogP contribution >= 0.6 is 7.82 Å². The van der Waals surface area contributed by atoms with Crippen LogP contribution < -0.4 is 0 Å². The second-order valence-electron chi connectivity index (χ2n) is 22.0. The Morgan fingerprint density at radius 2 is 0.659 bits per heavy atom. The van der Waals surface area contributed by atoms with Crippen molar-refractivity contribution in [1.82, 2.24) is 0 Å². The average molecular weight is 1160 g/mol. The number of nitrogens with zero attached hydrogens (tertiary/aromatic N) is 1. The number of hydrogen-bond acceptors (Lipinski definition) is 7. The molecule has 0 heterocycles. The van der Waals surface area contributed by atoms with E-state index in [1.54, 1.807) is 0 Å². The summed E-state index contributed by atoms with van der Waals surface area (Å²) in [4.78, 5) is 35.8. The number of carbonyl (C=O) groups excluding carboxylic acids is 2. The van der Waals surface area contributed by atoms with Gasteiger partial charge in [0.15, 0.2) is 6.10 Å². The number of phosphoric acid groups is 1. The molecule has 0 radical (unpaired) electrons. The third-order valence-corrected chi connectivity index (χ3v) is 14.0. The fourth-order valence-corrected chi connectivity index (χ4v) is 8.92. The number of rotatable bonds is 57. The van der Waals surface area contributed by atoms with E-state index in [1.807, 2.05) is 21.1 Å². The lowest BCUT2D eigenvalue weighted by molar-refractivity contribution is -0.870. The van der Waals surface area contributed by atoms with Gasteiger partial charge >= 0.3 is 19.8 Å². The molecule has 464 valence electrons. The molecule has 0 fully saturated rings. The summed E-state index contributed by atoms with van der Waals surface area (Å²) in [5.41, 5.74) is 0. The lowest BCUT2D eigenvalue weighted by Crippen LogP contribution is -2.37. The summed E-state index contributed by atoms with van der Waals surface area (Å²) in [7, 11) is 1.43. The summed E-state index contributed by atoms with van der Waals surface area (Å²) in [5, 5.41) is 0. The second-order valence-corrected chi connectivity index (χ2v) is 23.5. The first-order valence-electron chi connectivity index (χ1n) is 32.2. The van der Waals surface area contributed by atoms with E-state index >= 15 is 0 Å². The average Bonchev–Trinajstić information content (AvgIpc) is 3.46. The number of unbranched alkanes of at least 4 members (excludes halogenated alkanes) is 17. The van der Waals surface area contributed by atoms with E-state index in [1.165, 1.54) is 77.0 Å². The van der Waals surface area contributed by atoms with E-state index in [4.69, 9.17) is 18.5 Å². The quantitative estimate of drug-likeness (QED) is 0.0211. The Morgan fingerprint density at radius 1 is 0.378 bits per heavy atom. The Morgan fingerprint density at radius 3 is 0.988 bits per heavy atom. The molecule has 0 bridgehead atoms. The summed E-state index contributed by atoms with van der Waals surface area (Å²) in [5.74, 6) is -0.846. The molecule has 0 saturated heterocycles. The van der Waals surface area contributed by atoms with E-state index in [-0.39, 0.29) is 32.0 Å². The minimum absolute atomic E-state index is 0.0162. The van der Waals surface area contributed by atoms with Crippen LogP contribution in [0.3, 0.4) is 0 Å². The largest absolute Gasteiger partial charge is 0.472 e. The van der Waals surface area contributed by atoms with Crippen molar-refractivity contribution in [3.8, 4) is 0 Å². The van der Waals surface area contributed by atoms with Crippen LogP contribution in [-0.4, -0.2) is 74.9 Å². The number of quaternary nitrogens is 1. The van der Waals surface area contributed by atoms with Gasteiger partial charge in [-0.25, -0.2) is 4.57 Å². The molecule has 0 amide bonds. The molecular formula is C72H119NO8P+. The lowest BCUT2D eigenvalue weighted by atomic mass is 10.0. The van der Waals surface area contributed by atoms with Gasteiger partial charge in [-0.15, -0.1) is 0 Å². The van der Waals surface area contributed by atoms with Crippen LogP contribution in [0, 0.1) is 0 Å². The summed E-state index contributed by atoms with van der Waals surface area (Å²) >= 11 is 0. The Hall–Kier alpha value is -4.37. The molecule has 0 aromatic heterocycles. The zero-order chi connectivity index (χ0) is 59.8. The summed E-state index contributed by atoms with van der Waals surface area (Å²) < 4.78 is 34.6. The predicted molar refractivity (Wildman–Crippen MR) is 353 cm³/mol. The van der Waals surface area contributed by atoms with E-state index in [9.17, 15) is 19.0 Å². The fourth-order valence-electron chi connectivity index (χ4n) is 8.18. The van der Waals surface area contributed by atoms with E-state index in [2.05, 4.69) is 172 Å². The molecule has 0 aromatic rings. The van der Waals surface area contributed by atoms with Crippen LogP contribution in [0.1, 0.15) is 232 Å². The number of carbonyl (C=O) groups is 2. The van der Waals surface area contributed by atoms with Crippen LogP contribution in [0.5, 0.6) is 0 Å². The second kappa shape index (κ2) is 61.2. The maximum absolute atomic E-state index is 12.8. The molecule has 1 N–H and O–H groups in total. The van der Waals surface area contributed by atoms with Gasteiger partial charge in [0, 0.05) is 12.8 Å². The zero-order valence-electron chi connectivity index (χ0n) is 52.7. The number of ether oxygens (including phenoxy) is 2. The number of likely N-dealkylation sites (N-methyl/N-ethyl adjacent to an activating group) is 1. The first kappa shape index (κ1) is 77.6. The molecule has 9 nitrogen and oxygen atoms in total. The normalized spacial score (nSPS) is 14.3. The molecule has 2 atom stereocenters. The molecule has 2 unspecified atom stereocenters. The van der Waals surface area contributed by atoms with Crippen LogP contribution in [0.15, 0.2) is 158 Å². The Balaban J connectivity index is 4.23. The summed E-state index contributed by atoms with van der Waals surface area (Å²) in [6.45, 7) is 4.15. The van der Waals surface area contributed by atoms with Crippen molar-refractivity contribution >= 4 is 19.8 Å². The van der Waals surface area contributed by atoms with E-state index < -0.39 is 26.5 Å². The summed E-state index contributed by atoms with van der Waals surface area (Å²) in [6.07, 6.45) is 91.8. The first-order chi connectivity index (χ1) is 40.0. The van der Waals surface area contributed by atoms with Crippen molar-refractivity contribution in [2.45, 2.75) is 238 Å². The molecular weight excluding hydrogens is 1040 g/mol. The molecule has 0 aliphatic carbocycles. The SMILES string of the molecule is CC/C=C\C/C=C\C/C=C\C/C=C\C/C=C\C/C=C\C/C=C\C/C=C\C/C=C\CCCCCC(=O)OC(COC(=O)CCCCCCCCCCCCCCCC/C=C\C/C=C\C/C=C\C/C=C\CC)COP(=O)(O)OCC[N+](C)(C)C.